The molecule has 2 aromatic carbocycles. The van der Waals surface area contributed by atoms with Gasteiger partial charge in [-0.2, -0.15) is 0 Å². The number of hydrogen-bond donors (Lipinski definition) is 1. The van der Waals surface area contributed by atoms with Gasteiger partial charge in [0, 0.05) is 17.6 Å². The van der Waals surface area contributed by atoms with E-state index in [2.05, 4.69) is 4.57 Å². The SMILES string of the molecule is COC(=O)N1c2ccc3c(nc(C(C)Oc4ccccc4)n3[C@@H]3CCC[C@@H](C(=O)O)C3)c2CC[C@@H]1C. The molecule has 1 amide bonds. The monoisotopic (exact) mass is 491 g/mol. The van der Waals surface area contributed by atoms with Gasteiger partial charge < -0.3 is 19.1 Å². The van der Waals surface area contributed by atoms with E-state index in [1.807, 2.05) is 56.3 Å². The average molecular weight is 492 g/mol. The van der Waals surface area contributed by atoms with Crippen molar-refractivity contribution in [3.05, 3.63) is 53.9 Å². The number of carboxylic acid groups (broad SMARTS) is 1. The summed E-state index contributed by atoms with van der Waals surface area (Å²) in [5, 5.41) is 9.73. The van der Waals surface area contributed by atoms with Crippen LogP contribution in [0.1, 0.15) is 69.5 Å². The Hall–Kier alpha value is -3.55. The highest BCUT2D eigenvalue weighted by Gasteiger charge is 2.35. The number of carbonyl (C=O) groups excluding carboxylic acids is 1. The molecule has 8 heteroatoms. The first-order chi connectivity index (χ1) is 17.4. The molecule has 1 N–H and O–H groups in total. The summed E-state index contributed by atoms with van der Waals surface area (Å²) >= 11 is 0. The Balaban J connectivity index is 1.64. The summed E-state index contributed by atoms with van der Waals surface area (Å²) in [6.45, 7) is 4.01. The molecule has 1 fully saturated rings. The number of amides is 1. The smallest absolute Gasteiger partial charge is 0.414 e. The van der Waals surface area contributed by atoms with E-state index in [1.54, 1.807) is 4.90 Å². The molecule has 0 saturated heterocycles. The normalized spacial score (nSPS) is 22.6. The summed E-state index contributed by atoms with van der Waals surface area (Å²) in [5.41, 5.74) is 3.66. The second-order valence-electron chi connectivity index (χ2n) is 9.93. The molecule has 0 spiro atoms. The number of methoxy groups -OCH3 is 1. The number of aromatic nitrogens is 2. The van der Waals surface area contributed by atoms with E-state index in [9.17, 15) is 14.7 Å². The van der Waals surface area contributed by atoms with Gasteiger partial charge in [-0.25, -0.2) is 9.78 Å². The molecule has 1 aliphatic heterocycles. The van der Waals surface area contributed by atoms with Gasteiger partial charge in [0.2, 0.25) is 0 Å². The lowest BCUT2D eigenvalue weighted by atomic mass is 9.85. The minimum atomic E-state index is -0.737. The van der Waals surface area contributed by atoms with Crippen LogP contribution >= 0.6 is 0 Å². The van der Waals surface area contributed by atoms with Crippen LogP contribution in [0.25, 0.3) is 11.0 Å². The highest BCUT2D eigenvalue weighted by molar-refractivity contribution is 5.95. The number of para-hydroxylation sites is 1. The molecule has 8 nitrogen and oxygen atoms in total. The van der Waals surface area contributed by atoms with Gasteiger partial charge in [0.05, 0.1) is 29.7 Å². The Bertz CT molecular complexity index is 1270. The Morgan fingerprint density at radius 3 is 2.61 bits per heavy atom. The maximum atomic E-state index is 12.6. The molecule has 1 aliphatic carbocycles. The number of fused-ring (bicyclic) bond motifs is 3. The van der Waals surface area contributed by atoms with E-state index in [0.29, 0.717) is 12.8 Å². The van der Waals surface area contributed by atoms with Gasteiger partial charge in [-0.15, -0.1) is 0 Å². The Morgan fingerprint density at radius 1 is 1.11 bits per heavy atom. The minimum absolute atomic E-state index is 0.0129. The van der Waals surface area contributed by atoms with E-state index < -0.39 is 5.97 Å². The number of hydrogen-bond acceptors (Lipinski definition) is 5. The molecule has 1 unspecified atom stereocenters. The van der Waals surface area contributed by atoms with Crippen molar-refractivity contribution in [3.8, 4) is 5.75 Å². The number of nitrogens with zero attached hydrogens (tertiary/aromatic N) is 3. The van der Waals surface area contributed by atoms with Gasteiger partial charge in [-0.1, -0.05) is 24.6 Å². The van der Waals surface area contributed by atoms with Crippen LogP contribution in [0.5, 0.6) is 5.75 Å². The fourth-order valence-corrected chi connectivity index (χ4v) is 5.84. The van der Waals surface area contributed by atoms with Gasteiger partial charge >= 0.3 is 12.1 Å². The number of carboxylic acids is 1. The van der Waals surface area contributed by atoms with E-state index in [4.69, 9.17) is 14.5 Å². The first-order valence-corrected chi connectivity index (χ1v) is 12.7. The third-order valence-corrected chi connectivity index (χ3v) is 7.63. The van der Waals surface area contributed by atoms with Crippen molar-refractivity contribution in [1.29, 1.82) is 0 Å². The zero-order valence-electron chi connectivity index (χ0n) is 21.0. The molecule has 3 aromatic rings. The number of anilines is 1. The average Bonchev–Trinajstić information content (AvgIpc) is 3.29. The van der Waals surface area contributed by atoms with Crippen molar-refractivity contribution >= 4 is 28.8 Å². The first kappa shape index (κ1) is 24.2. The summed E-state index contributed by atoms with van der Waals surface area (Å²) in [7, 11) is 1.40. The second kappa shape index (κ2) is 9.84. The summed E-state index contributed by atoms with van der Waals surface area (Å²) in [6.07, 6.45) is 3.90. The number of aryl methyl sites for hydroxylation is 1. The molecule has 5 rings (SSSR count). The lowest BCUT2D eigenvalue weighted by molar-refractivity contribution is -0.143. The van der Waals surface area contributed by atoms with Crippen LogP contribution in [0.4, 0.5) is 10.5 Å². The van der Waals surface area contributed by atoms with Gasteiger partial charge in [-0.3, -0.25) is 9.69 Å². The van der Waals surface area contributed by atoms with Crippen molar-refractivity contribution in [2.24, 2.45) is 5.92 Å². The van der Waals surface area contributed by atoms with E-state index in [1.165, 1.54) is 7.11 Å². The van der Waals surface area contributed by atoms with Crippen LogP contribution in [0.15, 0.2) is 42.5 Å². The van der Waals surface area contributed by atoms with E-state index >= 15 is 0 Å². The van der Waals surface area contributed by atoms with Crippen LogP contribution in [0.3, 0.4) is 0 Å². The van der Waals surface area contributed by atoms with Gasteiger partial charge in [0.1, 0.15) is 5.75 Å². The third-order valence-electron chi connectivity index (χ3n) is 7.63. The number of aliphatic carboxylic acids is 1. The highest BCUT2D eigenvalue weighted by atomic mass is 16.5. The van der Waals surface area contributed by atoms with Crippen molar-refractivity contribution in [3.63, 3.8) is 0 Å². The molecular weight excluding hydrogens is 458 g/mol. The number of benzene rings is 2. The predicted octanol–water partition coefficient (Wildman–Crippen LogP) is 5.90. The largest absolute Gasteiger partial charge is 0.483 e. The maximum absolute atomic E-state index is 12.6. The van der Waals surface area contributed by atoms with Crippen LogP contribution in [0.2, 0.25) is 0 Å². The number of ether oxygens (including phenoxy) is 2. The van der Waals surface area contributed by atoms with Crippen molar-refractivity contribution < 1.29 is 24.2 Å². The lowest BCUT2D eigenvalue weighted by Crippen LogP contribution is -2.42. The molecule has 4 atom stereocenters. The van der Waals surface area contributed by atoms with Crippen LogP contribution in [-0.2, 0) is 16.0 Å². The van der Waals surface area contributed by atoms with Crippen molar-refractivity contribution in [2.75, 3.05) is 12.0 Å². The van der Waals surface area contributed by atoms with Crippen LogP contribution in [-0.4, -0.2) is 39.9 Å². The highest BCUT2D eigenvalue weighted by Crippen LogP contribution is 2.42. The van der Waals surface area contributed by atoms with E-state index in [0.717, 1.165) is 59.5 Å². The summed E-state index contributed by atoms with van der Waals surface area (Å²) < 4.78 is 13.6. The summed E-state index contributed by atoms with van der Waals surface area (Å²) in [5.74, 6) is 0.428. The predicted molar refractivity (Wildman–Crippen MR) is 137 cm³/mol. The van der Waals surface area contributed by atoms with Crippen molar-refractivity contribution in [2.45, 2.75) is 70.6 Å². The number of imidazole rings is 1. The molecule has 36 heavy (non-hydrogen) atoms. The van der Waals surface area contributed by atoms with Gasteiger partial charge in [-0.05, 0) is 70.2 Å². The summed E-state index contributed by atoms with van der Waals surface area (Å²) in [6, 6.07) is 13.7. The third kappa shape index (κ3) is 4.29. The maximum Gasteiger partial charge on any atom is 0.414 e. The Kier molecular flexibility index (Phi) is 6.60. The number of rotatable bonds is 5. The quantitative estimate of drug-likeness (QED) is 0.478. The van der Waals surface area contributed by atoms with E-state index in [-0.39, 0.29) is 30.2 Å². The topological polar surface area (TPSA) is 93.9 Å². The molecule has 0 bridgehead atoms. The fourth-order valence-electron chi connectivity index (χ4n) is 5.84. The Morgan fingerprint density at radius 2 is 1.89 bits per heavy atom. The van der Waals surface area contributed by atoms with Crippen LogP contribution < -0.4 is 9.64 Å². The fraction of sp³-hybridized carbons (Fsp3) is 0.464. The summed E-state index contributed by atoms with van der Waals surface area (Å²) in [4.78, 5) is 31.3. The minimum Gasteiger partial charge on any atom is -0.483 e. The molecule has 0 radical (unpaired) electrons. The standard InChI is InChI=1S/C28H33N3O5/c1-17-12-13-22-23(30(17)28(34)35-3)14-15-24-25(22)29-26(18(2)36-21-10-5-4-6-11-21)31(24)20-9-7-8-19(16-20)27(32)33/h4-6,10-11,14-15,17-20H,7-9,12-13,16H2,1-3H3,(H,32,33)/t17-,18?,19+,20+/m0/s1. The van der Waals surface area contributed by atoms with Crippen molar-refractivity contribution in [1.82, 2.24) is 9.55 Å². The molecule has 1 aromatic heterocycles. The zero-order chi connectivity index (χ0) is 25.4. The van der Waals surface area contributed by atoms with Gasteiger partial charge in [0.25, 0.3) is 0 Å². The second-order valence-corrected chi connectivity index (χ2v) is 9.93. The zero-order valence-corrected chi connectivity index (χ0v) is 21.0. The molecule has 2 heterocycles. The number of carbonyl (C=O) groups is 2. The van der Waals surface area contributed by atoms with Gasteiger partial charge in [0.15, 0.2) is 11.9 Å². The first-order valence-electron chi connectivity index (χ1n) is 12.7. The lowest BCUT2D eigenvalue weighted by Gasteiger charge is -2.34. The molecule has 190 valence electrons. The Labute approximate surface area is 210 Å². The van der Waals surface area contributed by atoms with Crippen LogP contribution in [0, 0.1) is 5.92 Å². The molecular formula is C28H33N3O5. The molecule has 2 aliphatic rings. The molecule has 1 saturated carbocycles.